The van der Waals surface area contributed by atoms with Gasteiger partial charge < -0.3 is 9.64 Å². The summed E-state index contributed by atoms with van der Waals surface area (Å²) in [6.45, 7) is 1.92. The van der Waals surface area contributed by atoms with Crippen molar-refractivity contribution >= 4 is 39.3 Å². The highest BCUT2D eigenvalue weighted by molar-refractivity contribution is 7.98. The fraction of sp³-hybridized carbons (Fsp3) is 0.533. The van der Waals surface area contributed by atoms with Crippen LogP contribution in [0.5, 0.6) is 0 Å². The first-order valence-corrected chi connectivity index (χ1v) is 10.8. The van der Waals surface area contributed by atoms with E-state index in [0.717, 1.165) is 0 Å². The van der Waals surface area contributed by atoms with Gasteiger partial charge in [-0.1, -0.05) is 11.6 Å². The molecule has 0 radical (unpaired) electrons. The molecule has 1 atom stereocenters. The Hall–Kier alpha value is -0.800. The van der Waals surface area contributed by atoms with E-state index in [2.05, 4.69) is 4.72 Å². The summed E-state index contributed by atoms with van der Waals surface area (Å²) in [7, 11) is -3.79. The van der Waals surface area contributed by atoms with Crippen molar-refractivity contribution in [2.24, 2.45) is 0 Å². The molecule has 9 heteroatoms. The van der Waals surface area contributed by atoms with Gasteiger partial charge in [-0.25, -0.2) is 8.42 Å². The highest BCUT2D eigenvalue weighted by Crippen LogP contribution is 2.16. The molecule has 0 bridgehead atoms. The molecule has 0 aliphatic carbocycles. The molecule has 0 saturated carbocycles. The second-order valence-corrected chi connectivity index (χ2v) is 8.48. The molecule has 0 aromatic heterocycles. The number of carbonyl (C=O) groups is 1. The number of sulfonamides is 1. The molecular formula is C15H21ClN2O4S2. The van der Waals surface area contributed by atoms with Crippen LogP contribution in [-0.4, -0.2) is 63.6 Å². The van der Waals surface area contributed by atoms with Gasteiger partial charge in [-0.05, 0) is 42.7 Å². The Labute approximate surface area is 151 Å². The molecule has 1 saturated heterocycles. The van der Waals surface area contributed by atoms with E-state index in [0.29, 0.717) is 43.5 Å². The predicted octanol–water partition coefficient (Wildman–Crippen LogP) is 1.60. The summed E-state index contributed by atoms with van der Waals surface area (Å²) in [6, 6.07) is 5.09. The molecule has 1 heterocycles. The lowest BCUT2D eigenvalue weighted by molar-refractivity contribution is -0.137. The van der Waals surface area contributed by atoms with Gasteiger partial charge in [0.15, 0.2) is 0 Å². The minimum absolute atomic E-state index is 0.0934. The van der Waals surface area contributed by atoms with Crippen molar-refractivity contribution in [3.8, 4) is 0 Å². The largest absolute Gasteiger partial charge is 0.378 e. The lowest BCUT2D eigenvalue weighted by atomic mass is 10.2. The topological polar surface area (TPSA) is 75.7 Å². The molecule has 0 spiro atoms. The van der Waals surface area contributed by atoms with Crippen molar-refractivity contribution in [1.82, 2.24) is 9.62 Å². The number of benzene rings is 1. The third kappa shape index (κ3) is 5.35. The molecule has 6 nitrogen and oxygen atoms in total. The first-order valence-electron chi connectivity index (χ1n) is 7.57. The van der Waals surface area contributed by atoms with Crippen LogP contribution in [0.4, 0.5) is 0 Å². The maximum Gasteiger partial charge on any atom is 0.241 e. The van der Waals surface area contributed by atoms with Crippen molar-refractivity contribution < 1.29 is 17.9 Å². The third-order valence-corrected chi connectivity index (χ3v) is 6.04. The maximum atomic E-state index is 12.7. The Morgan fingerprint density at radius 2 is 1.96 bits per heavy atom. The highest BCUT2D eigenvalue weighted by atomic mass is 35.5. The monoisotopic (exact) mass is 392 g/mol. The van der Waals surface area contributed by atoms with Gasteiger partial charge in [-0.15, -0.1) is 0 Å². The number of amides is 1. The van der Waals surface area contributed by atoms with Crippen molar-refractivity contribution in [1.29, 1.82) is 0 Å². The van der Waals surface area contributed by atoms with Gasteiger partial charge in [0.2, 0.25) is 15.9 Å². The third-order valence-electron chi connectivity index (χ3n) is 3.65. The minimum Gasteiger partial charge on any atom is -0.378 e. The second kappa shape index (κ2) is 9.05. The van der Waals surface area contributed by atoms with E-state index in [1.54, 1.807) is 16.7 Å². The average molecular weight is 393 g/mol. The Morgan fingerprint density at radius 3 is 2.54 bits per heavy atom. The number of morpholine rings is 1. The minimum atomic E-state index is -3.79. The normalized spacial score (nSPS) is 16.8. The average Bonchev–Trinajstić information content (AvgIpc) is 2.59. The number of hydrogen-bond donors (Lipinski definition) is 1. The van der Waals surface area contributed by atoms with E-state index in [1.165, 1.54) is 24.3 Å². The number of hydrogen-bond acceptors (Lipinski definition) is 5. The quantitative estimate of drug-likeness (QED) is 0.762. The molecule has 1 aliphatic rings. The van der Waals surface area contributed by atoms with E-state index in [9.17, 15) is 13.2 Å². The Kier molecular flexibility index (Phi) is 7.36. The Balaban J connectivity index is 2.14. The van der Waals surface area contributed by atoms with Crippen LogP contribution < -0.4 is 4.72 Å². The molecule has 134 valence electrons. The van der Waals surface area contributed by atoms with E-state index in [1.807, 2.05) is 6.26 Å². The summed E-state index contributed by atoms with van der Waals surface area (Å²) in [5.74, 6) is 0.481. The smallest absolute Gasteiger partial charge is 0.241 e. The summed E-state index contributed by atoms with van der Waals surface area (Å²) in [5.41, 5.74) is 0. The lowest BCUT2D eigenvalue weighted by Gasteiger charge is -2.30. The van der Waals surface area contributed by atoms with Gasteiger partial charge >= 0.3 is 0 Å². The van der Waals surface area contributed by atoms with Crippen molar-refractivity contribution in [2.75, 3.05) is 38.3 Å². The zero-order valence-corrected chi connectivity index (χ0v) is 15.8. The van der Waals surface area contributed by atoms with Crippen LogP contribution in [0.2, 0.25) is 5.02 Å². The SMILES string of the molecule is CSCCC(NS(=O)(=O)c1ccc(Cl)cc1)C(=O)N1CCOCC1. The zero-order chi connectivity index (χ0) is 17.6. The first-order chi connectivity index (χ1) is 11.4. The molecular weight excluding hydrogens is 372 g/mol. The fourth-order valence-electron chi connectivity index (χ4n) is 2.34. The number of halogens is 1. The number of ether oxygens (including phenoxy) is 1. The number of thioether (sulfide) groups is 1. The number of nitrogens with one attached hydrogen (secondary N) is 1. The van der Waals surface area contributed by atoms with Crippen molar-refractivity contribution in [2.45, 2.75) is 17.4 Å². The molecule has 2 rings (SSSR count). The molecule has 1 aromatic carbocycles. The molecule has 1 fully saturated rings. The summed E-state index contributed by atoms with van der Waals surface area (Å²) in [4.78, 5) is 14.4. The summed E-state index contributed by atoms with van der Waals surface area (Å²) in [6.07, 6.45) is 2.36. The Morgan fingerprint density at radius 1 is 1.33 bits per heavy atom. The summed E-state index contributed by atoms with van der Waals surface area (Å²) < 4.78 is 32.9. The van der Waals surface area contributed by atoms with E-state index < -0.39 is 16.1 Å². The second-order valence-electron chi connectivity index (χ2n) is 5.35. The summed E-state index contributed by atoms with van der Waals surface area (Å²) in [5, 5.41) is 0.456. The van der Waals surface area contributed by atoms with E-state index >= 15 is 0 Å². The molecule has 24 heavy (non-hydrogen) atoms. The standard InChI is InChI=1S/C15H21ClN2O4S2/c1-23-11-6-14(15(19)18-7-9-22-10-8-18)17-24(20,21)13-4-2-12(16)3-5-13/h2-5,14,17H,6-11H2,1H3. The highest BCUT2D eigenvalue weighted by Gasteiger charge is 2.29. The van der Waals surface area contributed by atoms with Gasteiger partial charge in [0, 0.05) is 18.1 Å². The van der Waals surface area contributed by atoms with Crippen LogP contribution in [0.3, 0.4) is 0 Å². The van der Waals surface area contributed by atoms with Crippen molar-refractivity contribution in [3.05, 3.63) is 29.3 Å². The van der Waals surface area contributed by atoms with Crippen molar-refractivity contribution in [3.63, 3.8) is 0 Å². The predicted molar refractivity (Wildman–Crippen MR) is 96.0 cm³/mol. The number of carbonyl (C=O) groups excluding carboxylic acids is 1. The van der Waals surface area contributed by atoms with Gasteiger partial charge in [-0.2, -0.15) is 16.5 Å². The van der Waals surface area contributed by atoms with Crippen LogP contribution in [0, 0.1) is 0 Å². The fourth-order valence-corrected chi connectivity index (χ4v) is 4.16. The molecule has 1 N–H and O–H groups in total. The molecule has 1 aliphatic heterocycles. The summed E-state index contributed by atoms with van der Waals surface area (Å²) >= 11 is 7.37. The van der Waals surface area contributed by atoms with Crippen LogP contribution in [0.25, 0.3) is 0 Å². The van der Waals surface area contributed by atoms with Crippen LogP contribution >= 0.6 is 23.4 Å². The molecule has 1 amide bonds. The van der Waals surface area contributed by atoms with Gasteiger partial charge in [-0.3, -0.25) is 4.79 Å². The van der Waals surface area contributed by atoms with Crippen LogP contribution in [-0.2, 0) is 19.6 Å². The van der Waals surface area contributed by atoms with Crippen LogP contribution in [0.1, 0.15) is 6.42 Å². The van der Waals surface area contributed by atoms with E-state index in [-0.39, 0.29) is 10.8 Å². The van der Waals surface area contributed by atoms with Gasteiger partial charge in [0.1, 0.15) is 6.04 Å². The number of rotatable bonds is 7. The van der Waals surface area contributed by atoms with Crippen LogP contribution in [0.15, 0.2) is 29.2 Å². The molecule has 1 aromatic rings. The van der Waals surface area contributed by atoms with E-state index in [4.69, 9.17) is 16.3 Å². The number of nitrogens with zero attached hydrogens (tertiary/aromatic N) is 1. The van der Waals surface area contributed by atoms with Gasteiger partial charge in [0.05, 0.1) is 18.1 Å². The van der Waals surface area contributed by atoms with Gasteiger partial charge in [0.25, 0.3) is 0 Å². The Bertz CT molecular complexity index is 646. The first kappa shape index (κ1) is 19.5. The lowest BCUT2D eigenvalue weighted by Crippen LogP contribution is -2.51. The zero-order valence-electron chi connectivity index (χ0n) is 13.4. The maximum absolute atomic E-state index is 12.7. The molecule has 1 unspecified atom stereocenters.